The van der Waals surface area contributed by atoms with Crippen molar-refractivity contribution in [3.63, 3.8) is 0 Å². The molecule has 0 unspecified atom stereocenters. The van der Waals surface area contributed by atoms with Crippen molar-refractivity contribution in [2.75, 3.05) is 5.32 Å². The molecular weight excluding hydrogens is 334 g/mol. The smallest absolute Gasteiger partial charge is 0.226 e. The highest BCUT2D eigenvalue weighted by Gasteiger charge is 2.11. The topological polar surface area (TPSA) is 75.6 Å². The van der Waals surface area contributed by atoms with Gasteiger partial charge in [-0.1, -0.05) is 18.2 Å². The molecule has 25 heavy (non-hydrogen) atoms. The van der Waals surface area contributed by atoms with E-state index < -0.39 is 0 Å². The molecule has 0 aliphatic rings. The second kappa shape index (κ2) is 6.90. The number of H-pyrrole nitrogens is 1. The maximum Gasteiger partial charge on any atom is 0.226 e. The molecule has 0 saturated heterocycles. The minimum atomic E-state index is -0.0213. The summed E-state index contributed by atoms with van der Waals surface area (Å²) in [5.74, 6) is -0.0213. The van der Waals surface area contributed by atoms with E-state index in [1.54, 1.807) is 6.20 Å². The molecule has 0 aliphatic carbocycles. The van der Waals surface area contributed by atoms with Crippen molar-refractivity contribution >= 4 is 33.3 Å². The molecule has 1 amide bonds. The van der Waals surface area contributed by atoms with Crippen LogP contribution in [0, 0.1) is 0 Å². The van der Waals surface area contributed by atoms with Crippen LogP contribution in [0.2, 0.25) is 0 Å². The van der Waals surface area contributed by atoms with Crippen molar-refractivity contribution in [2.45, 2.75) is 19.4 Å². The molecule has 126 valence electrons. The van der Waals surface area contributed by atoms with E-state index >= 15 is 0 Å². The first-order chi connectivity index (χ1) is 12.3. The lowest BCUT2D eigenvalue weighted by atomic mass is 10.1. The molecule has 3 aromatic heterocycles. The number of aromatic nitrogens is 4. The Labute approximate surface area is 148 Å². The molecule has 4 aromatic rings. The van der Waals surface area contributed by atoms with Gasteiger partial charge in [-0.3, -0.25) is 9.48 Å². The molecule has 0 radical (unpaired) electrons. The summed E-state index contributed by atoms with van der Waals surface area (Å²) in [6.07, 6.45) is 6.78. The number of nitrogens with zero attached hydrogens (tertiary/aromatic N) is 3. The number of para-hydroxylation sites is 1. The number of hydrogen-bond acceptors (Lipinski definition) is 4. The second-order valence-electron chi connectivity index (χ2n) is 5.71. The fourth-order valence-corrected chi connectivity index (χ4v) is 3.48. The standard InChI is InChI=1S/C18H17N5OS/c24-17(7-3-9-23-10-4-8-20-23)22-18-21-16(12-25-18)14-11-19-15-6-2-1-5-13(14)15/h1-2,4-6,8,10-12,19H,3,7,9H2,(H,21,22,24). The van der Waals surface area contributed by atoms with Gasteiger partial charge in [0.25, 0.3) is 0 Å². The minimum absolute atomic E-state index is 0.0213. The van der Waals surface area contributed by atoms with Crippen LogP contribution in [0.5, 0.6) is 0 Å². The maximum absolute atomic E-state index is 12.1. The van der Waals surface area contributed by atoms with Crippen LogP contribution in [0.25, 0.3) is 22.2 Å². The van der Waals surface area contributed by atoms with Crippen LogP contribution < -0.4 is 5.32 Å². The van der Waals surface area contributed by atoms with Gasteiger partial charge in [-0.2, -0.15) is 5.10 Å². The molecule has 4 rings (SSSR count). The second-order valence-corrected chi connectivity index (χ2v) is 6.56. The SMILES string of the molecule is O=C(CCCn1cccn1)Nc1nc(-c2c[nH]c3ccccc23)cs1. The number of thiazole rings is 1. The first kappa shape index (κ1) is 15.6. The molecule has 0 bridgehead atoms. The van der Waals surface area contributed by atoms with E-state index in [1.807, 2.05) is 46.7 Å². The predicted molar refractivity (Wildman–Crippen MR) is 99.5 cm³/mol. The Bertz CT molecular complexity index is 986. The number of rotatable bonds is 6. The molecule has 3 heterocycles. The number of fused-ring (bicyclic) bond motifs is 1. The fraction of sp³-hybridized carbons (Fsp3) is 0.167. The zero-order valence-electron chi connectivity index (χ0n) is 13.5. The monoisotopic (exact) mass is 351 g/mol. The van der Waals surface area contributed by atoms with E-state index in [2.05, 4.69) is 26.4 Å². The lowest BCUT2D eigenvalue weighted by Gasteiger charge is -2.02. The number of carbonyl (C=O) groups is 1. The Morgan fingerprint density at radius 2 is 2.20 bits per heavy atom. The quantitative estimate of drug-likeness (QED) is 0.553. The number of hydrogen-bond donors (Lipinski definition) is 2. The van der Waals surface area contributed by atoms with Crippen LogP contribution in [0.3, 0.4) is 0 Å². The zero-order valence-corrected chi connectivity index (χ0v) is 14.3. The number of amides is 1. The number of aryl methyl sites for hydroxylation is 1. The average Bonchev–Trinajstić information content (AvgIpc) is 3.35. The van der Waals surface area contributed by atoms with Crippen LogP contribution in [-0.4, -0.2) is 25.7 Å². The van der Waals surface area contributed by atoms with Crippen LogP contribution in [-0.2, 0) is 11.3 Å². The summed E-state index contributed by atoms with van der Waals surface area (Å²) in [7, 11) is 0. The van der Waals surface area contributed by atoms with Crippen molar-refractivity contribution in [3.05, 3.63) is 54.3 Å². The van der Waals surface area contributed by atoms with Gasteiger partial charge >= 0.3 is 0 Å². The normalized spacial score (nSPS) is 11.0. The van der Waals surface area contributed by atoms with Gasteiger partial charge in [-0.05, 0) is 18.6 Å². The Hall–Kier alpha value is -2.93. The number of aromatic amines is 1. The summed E-state index contributed by atoms with van der Waals surface area (Å²) >= 11 is 1.44. The van der Waals surface area contributed by atoms with E-state index in [0.29, 0.717) is 11.6 Å². The summed E-state index contributed by atoms with van der Waals surface area (Å²) in [5.41, 5.74) is 3.00. The Balaban J connectivity index is 1.38. The number of benzene rings is 1. The van der Waals surface area contributed by atoms with Gasteiger partial charge in [-0.15, -0.1) is 11.3 Å². The van der Waals surface area contributed by atoms with Crippen molar-refractivity contribution in [1.29, 1.82) is 0 Å². The highest BCUT2D eigenvalue weighted by atomic mass is 32.1. The third-order valence-corrected chi connectivity index (χ3v) is 4.72. The first-order valence-corrected chi connectivity index (χ1v) is 8.97. The lowest BCUT2D eigenvalue weighted by molar-refractivity contribution is -0.116. The van der Waals surface area contributed by atoms with Gasteiger partial charge < -0.3 is 10.3 Å². The molecule has 1 aromatic carbocycles. The third-order valence-electron chi connectivity index (χ3n) is 3.97. The van der Waals surface area contributed by atoms with Gasteiger partial charge in [0.2, 0.25) is 5.91 Å². The molecule has 0 saturated carbocycles. The summed E-state index contributed by atoms with van der Waals surface area (Å²) in [6, 6.07) is 9.98. The molecule has 0 fully saturated rings. The number of nitrogens with one attached hydrogen (secondary N) is 2. The number of anilines is 1. The largest absolute Gasteiger partial charge is 0.360 e. The summed E-state index contributed by atoms with van der Waals surface area (Å²) in [5, 5.41) is 10.7. The van der Waals surface area contributed by atoms with Crippen LogP contribution in [0.4, 0.5) is 5.13 Å². The highest BCUT2D eigenvalue weighted by Crippen LogP contribution is 2.30. The van der Waals surface area contributed by atoms with Crippen molar-refractivity contribution < 1.29 is 4.79 Å². The molecule has 7 heteroatoms. The van der Waals surface area contributed by atoms with Gasteiger partial charge in [0.15, 0.2) is 5.13 Å². The van der Waals surface area contributed by atoms with Gasteiger partial charge in [0.1, 0.15) is 0 Å². The zero-order chi connectivity index (χ0) is 17.1. The Morgan fingerprint density at radius 3 is 3.08 bits per heavy atom. The Kier molecular flexibility index (Phi) is 4.30. The molecule has 0 aliphatic heterocycles. The van der Waals surface area contributed by atoms with Crippen molar-refractivity contribution in [1.82, 2.24) is 19.7 Å². The fourth-order valence-electron chi connectivity index (χ4n) is 2.75. The molecule has 6 nitrogen and oxygen atoms in total. The third kappa shape index (κ3) is 3.46. The molecular formula is C18H17N5OS. The molecule has 2 N–H and O–H groups in total. The van der Waals surface area contributed by atoms with Crippen LogP contribution in [0.15, 0.2) is 54.3 Å². The van der Waals surface area contributed by atoms with Gasteiger partial charge in [-0.25, -0.2) is 4.98 Å². The van der Waals surface area contributed by atoms with E-state index in [0.717, 1.165) is 35.1 Å². The van der Waals surface area contributed by atoms with E-state index in [1.165, 1.54) is 11.3 Å². The lowest BCUT2D eigenvalue weighted by Crippen LogP contribution is -2.12. The van der Waals surface area contributed by atoms with E-state index in [4.69, 9.17) is 0 Å². The van der Waals surface area contributed by atoms with Crippen molar-refractivity contribution in [2.24, 2.45) is 0 Å². The average molecular weight is 351 g/mol. The van der Waals surface area contributed by atoms with Crippen LogP contribution in [0.1, 0.15) is 12.8 Å². The van der Waals surface area contributed by atoms with E-state index in [-0.39, 0.29) is 5.91 Å². The van der Waals surface area contributed by atoms with Gasteiger partial charge in [0.05, 0.1) is 5.69 Å². The molecule has 0 atom stereocenters. The first-order valence-electron chi connectivity index (χ1n) is 8.09. The summed E-state index contributed by atoms with van der Waals surface area (Å²) in [4.78, 5) is 19.9. The van der Waals surface area contributed by atoms with Crippen LogP contribution >= 0.6 is 11.3 Å². The highest BCUT2D eigenvalue weighted by molar-refractivity contribution is 7.14. The van der Waals surface area contributed by atoms with E-state index in [9.17, 15) is 4.79 Å². The number of carbonyl (C=O) groups excluding carboxylic acids is 1. The summed E-state index contributed by atoms with van der Waals surface area (Å²) < 4.78 is 1.83. The van der Waals surface area contributed by atoms with Gasteiger partial charge in [0, 0.05) is 53.4 Å². The maximum atomic E-state index is 12.1. The summed E-state index contributed by atoms with van der Waals surface area (Å²) in [6.45, 7) is 0.735. The predicted octanol–water partition coefficient (Wildman–Crippen LogP) is 3.91. The molecule has 0 spiro atoms. The Morgan fingerprint density at radius 1 is 1.28 bits per heavy atom. The van der Waals surface area contributed by atoms with Crippen molar-refractivity contribution in [3.8, 4) is 11.3 Å². The minimum Gasteiger partial charge on any atom is -0.360 e.